The number of carbonyl (C=O) groups excluding carboxylic acids is 1. The zero-order valence-corrected chi connectivity index (χ0v) is 4.48. The number of nitrogens with one attached hydrogen (secondary N) is 2. The van der Waals surface area contributed by atoms with Gasteiger partial charge in [0.1, 0.15) is 0 Å². The Hall–Kier alpha value is -0.570. The Morgan fingerprint density at radius 2 is 2.50 bits per heavy atom. The lowest BCUT2D eigenvalue weighted by atomic mass is 10.2. The van der Waals surface area contributed by atoms with Gasteiger partial charge >= 0.3 is 0 Å². The van der Waals surface area contributed by atoms with Crippen LogP contribution < -0.4 is 10.6 Å². The molecule has 1 amide bonds. The van der Waals surface area contributed by atoms with Gasteiger partial charge in [0.05, 0.1) is 6.04 Å². The van der Waals surface area contributed by atoms with Gasteiger partial charge in [0, 0.05) is 12.6 Å². The maximum absolute atomic E-state index is 10.7. The molecule has 0 aromatic rings. The minimum Gasteiger partial charge on any atom is -0.351 e. The van der Waals surface area contributed by atoms with E-state index in [2.05, 4.69) is 10.6 Å². The van der Waals surface area contributed by atoms with E-state index in [0.717, 1.165) is 13.0 Å². The molecule has 44 valence electrons. The van der Waals surface area contributed by atoms with Crippen LogP contribution in [0.25, 0.3) is 0 Å². The van der Waals surface area contributed by atoms with Crippen LogP contribution in [0.2, 0.25) is 0 Å². The van der Waals surface area contributed by atoms with E-state index < -0.39 is 0 Å². The summed E-state index contributed by atoms with van der Waals surface area (Å²) >= 11 is 0. The van der Waals surface area contributed by atoms with Gasteiger partial charge in [-0.05, 0) is 6.42 Å². The first kappa shape index (κ1) is 4.32. The molecule has 2 fully saturated rings. The molecule has 2 heterocycles. The summed E-state index contributed by atoms with van der Waals surface area (Å²) in [6, 6.07) is 0.576. The van der Waals surface area contributed by atoms with Crippen molar-refractivity contribution in [2.24, 2.45) is 0 Å². The quantitative estimate of drug-likeness (QED) is 0.415. The first-order chi connectivity index (χ1) is 3.86. The fourth-order valence-corrected chi connectivity index (χ4v) is 1.35. The van der Waals surface area contributed by atoms with Gasteiger partial charge < -0.3 is 10.6 Å². The smallest absolute Gasteiger partial charge is 0.237 e. The molecule has 0 aliphatic carbocycles. The van der Waals surface area contributed by atoms with Crippen LogP contribution in [0.4, 0.5) is 0 Å². The van der Waals surface area contributed by atoms with Crippen molar-refractivity contribution < 1.29 is 4.79 Å². The highest BCUT2D eigenvalue weighted by Crippen LogP contribution is 2.13. The van der Waals surface area contributed by atoms with E-state index in [1.807, 2.05) is 0 Å². The van der Waals surface area contributed by atoms with Crippen molar-refractivity contribution in [1.82, 2.24) is 10.6 Å². The average molecular weight is 112 g/mol. The van der Waals surface area contributed by atoms with Gasteiger partial charge in [-0.3, -0.25) is 4.79 Å². The van der Waals surface area contributed by atoms with E-state index in [9.17, 15) is 4.79 Å². The molecule has 0 spiro atoms. The fourth-order valence-electron chi connectivity index (χ4n) is 1.35. The monoisotopic (exact) mass is 112 g/mol. The van der Waals surface area contributed by atoms with Gasteiger partial charge in [-0.15, -0.1) is 0 Å². The standard InChI is InChI=1S/C5H8N2O/c8-5-4-1-3(7-5)2-6-4/h3-4,6H,1-2H2,(H,7,8). The van der Waals surface area contributed by atoms with Crippen LogP contribution in [-0.4, -0.2) is 24.5 Å². The van der Waals surface area contributed by atoms with Crippen LogP contribution in [0.15, 0.2) is 0 Å². The Kier molecular flexibility index (Phi) is 0.663. The summed E-state index contributed by atoms with van der Waals surface area (Å²) in [6.45, 7) is 0.969. The highest BCUT2D eigenvalue weighted by molar-refractivity contribution is 5.85. The topological polar surface area (TPSA) is 41.1 Å². The molecule has 0 aromatic heterocycles. The number of hydrogen-bond acceptors (Lipinski definition) is 2. The van der Waals surface area contributed by atoms with Gasteiger partial charge in [-0.25, -0.2) is 0 Å². The van der Waals surface area contributed by atoms with Gasteiger partial charge in [0.25, 0.3) is 0 Å². The van der Waals surface area contributed by atoms with Crippen LogP contribution >= 0.6 is 0 Å². The predicted octanol–water partition coefficient (Wildman–Crippen LogP) is -1.15. The Bertz CT molecular complexity index is 134. The first-order valence-electron chi connectivity index (χ1n) is 2.90. The number of rotatable bonds is 0. The molecule has 2 aliphatic rings. The van der Waals surface area contributed by atoms with Crippen molar-refractivity contribution in [3.8, 4) is 0 Å². The summed E-state index contributed by atoms with van der Waals surface area (Å²) in [5.74, 6) is 0.182. The second-order valence-electron chi connectivity index (χ2n) is 2.40. The number of fused-ring (bicyclic) bond motifs is 2. The van der Waals surface area contributed by atoms with E-state index in [-0.39, 0.29) is 11.9 Å². The summed E-state index contributed by atoms with van der Waals surface area (Å²) in [5, 5.41) is 5.95. The third kappa shape index (κ3) is 0.395. The molecule has 2 unspecified atom stereocenters. The lowest BCUT2D eigenvalue weighted by molar-refractivity contribution is -0.121. The van der Waals surface area contributed by atoms with E-state index in [1.54, 1.807) is 0 Å². The lowest BCUT2D eigenvalue weighted by Gasteiger charge is -2.10. The number of piperazine rings is 1. The molecule has 8 heavy (non-hydrogen) atoms. The van der Waals surface area contributed by atoms with Crippen molar-refractivity contribution in [3.63, 3.8) is 0 Å². The molecule has 0 aromatic carbocycles. The number of amides is 1. The summed E-state index contributed by atoms with van der Waals surface area (Å²) < 4.78 is 0. The van der Waals surface area contributed by atoms with Gasteiger partial charge in [0.15, 0.2) is 0 Å². The predicted molar refractivity (Wildman–Crippen MR) is 28.3 cm³/mol. The molecule has 0 saturated carbocycles. The number of hydrogen-bond donors (Lipinski definition) is 2. The summed E-state index contributed by atoms with van der Waals surface area (Å²) in [5.41, 5.74) is 0. The average Bonchev–Trinajstić information content (AvgIpc) is 2.23. The summed E-state index contributed by atoms with van der Waals surface area (Å²) in [4.78, 5) is 10.7. The molecule has 2 bridgehead atoms. The van der Waals surface area contributed by atoms with Crippen LogP contribution in [0.3, 0.4) is 0 Å². The van der Waals surface area contributed by atoms with Gasteiger partial charge in [-0.2, -0.15) is 0 Å². The van der Waals surface area contributed by atoms with Crippen molar-refractivity contribution >= 4 is 5.91 Å². The molecule has 2 N–H and O–H groups in total. The third-order valence-electron chi connectivity index (χ3n) is 1.79. The lowest BCUT2D eigenvalue weighted by Crippen LogP contribution is -2.44. The maximum Gasteiger partial charge on any atom is 0.237 e. The number of carbonyl (C=O) groups is 1. The highest BCUT2D eigenvalue weighted by Gasteiger charge is 2.37. The zero-order chi connectivity index (χ0) is 5.56. The molecule has 3 heteroatoms. The normalized spacial score (nSPS) is 42.8. The molecule has 2 atom stereocenters. The molecular weight excluding hydrogens is 104 g/mol. The van der Waals surface area contributed by atoms with Gasteiger partial charge in [0.2, 0.25) is 5.91 Å². The Morgan fingerprint density at radius 3 is 2.75 bits per heavy atom. The Balaban J connectivity index is 2.22. The van der Waals surface area contributed by atoms with Crippen molar-refractivity contribution in [3.05, 3.63) is 0 Å². The zero-order valence-electron chi connectivity index (χ0n) is 4.48. The van der Waals surface area contributed by atoms with E-state index >= 15 is 0 Å². The Morgan fingerprint density at radius 1 is 1.62 bits per heavy atom. The van der Waals surface area contributed by atoms with Gasteiger partial charge in [-0.1, -0.05) is 0 Å². The largest absolute Gasteiger partial charge is 0.351 e. The van der Waals surface area contributed by atoms with Crippen molar-refractivity contribution in [2.75, 3.05) is 6.54 Å². The second-order valence-corrected chi connectivity index (χ2v) is 2.40. The van der Waals surface area contributed by atoms with Crippen molar-refractivity contribution in [2.45, 2.75) is 18.5 Å². The fraction of sp³-hybridized carbons (Fsp3) is 0.800. The second kappa shape index (κ2) is 1.23. The van der Waals surface area contributed by atoms with Crippen molar-refractivity contribution in [1.29, 1.82) is 0 Å². The van der Waals surface area contributed by atoms with Crippen LogP contribution in [0.5, 0.6) is 0 Å². The first-order valence-corrected chi connectivity index (χ1v) is 2.90. The Labute approximate surface area is 47.4 Å². The minimum atomic E-state index is 0.139. The molecular formula is C5H8N2O. The molecule has 0 radical (unpaired) electrons. The summed E-state index contributed by atoms with van der Waals surface area (Å²) in [6.07, 6.45) is 0.999. The van der Waals surface area contributed by atoms with Crippen LogP contribution in [-0.2, 0) is 4.79 Å². The third-order valence-corrected chi connectivity index (χ3v) is 1.79. The van der Waals surface area contributed by atoms with E-state index in [1.165, 1.54) is 0 Å². The van der Waals surface area contributed by atoms with Crippen LogP contribution in [0, 0.1) is 0 Å². The molecule has 2 saturated heterocycles. The van der Waals surface area contributed by atoms with Crippen LogP contribution in [0.1, 0.15) is 6.42 Å². The SMILES string of the molecule is O=C1NC2CNC1C2. The van der Waals surface area contributed by atoms with E-state index in [4.69, 9.17) is 0 Å². The summed E-state index contributed by atoms with van der Waals surface area (Å²) in [7, 11) is 0. The highest BCUT2D eigenvalue weighted by atomic mass is 16.2. The minimum absolute atomic E-state index is 0.139. The maximum atomic E-state index is 10.7. The molecule has 2 aliphatic heterocycles. The molecule has 2 rings (SSSR count). The molecule has 3 nitrogen and oxygen atoms in total. The van der Waals surface area contributed by atoms with E-state index in [0.29, 0.717) is 6.04 Å².